The van der Waals surface area contributed by atoms with Crippen molar-refractivity contribution in [2.45, 2.75) is 32.0 Å². The average molecular weight is 353 g/mol. The molecule has 0 aromatic carbocycles. The van der Waals surface area contributed by atoms with E-state index in [1.807, 2.05) is 0 Å². The van der Waals surface area contributed by atoms with Crippen molar-refractivity contribution in [3.8, 4) is 5.82 Å². The molecule has 0 atom stereocenters. The first-order chi connectivity index (χ1) is 11.9. The largest absolute Gasteiger partial charge is 0.434 e. The fourth-order valence-electron chi connectivity index (χ4n) is 2.49. The van der Waals surface area contributed by atoms with Crippen molar-refractivity contribution in [1.82, 2.24) is 25.2 Å². The third-order valence-electron chi connectivity index (χ3n) is 4.18. The summed E-state index contributed by atoms with van der Waals surface area (Å²) in [6, 6.07) is 3.04. The molecule has 2 amide bonds. The van der Waals surface area contributed by atoms with Crippen molar-refractivity contribution in [3.63, 3.8) is 0 Å². The molecule has 0 bridgehead atoms. The van der Waals surface area contributed by atoms with Crippen LogP contribution in [-0.2, 0) is 12.7 Å². The van der Waals surface area contributed by atoms with Crippen LogP contribution in [-0.4, -0.2) is 27.1 Å². The minimum Gasteiger partial charge on any atom is -0.338 e. The quantitative estimate of drug-likeness (QED) is 0.868. The number of rotatable bonds is 5. The van der Waals surface area contributed by atoms with Gasteiger partial charge in [0, 0.05) is 25.5 Å². The Kier molecular flexibility index (Phi) is 4.91. The topological polar surface area (TPSA) is 71.8 Å². The molecule has 6 nitrogen and oxygen atoms in total. The van der Waals surface area contributed by atoms with Crippen molar-refractivity contribution >= 4 is 6.03 Å². The van der Waals surface area contributed by atoms with Crippen LogP contribution >= 0.6 is 0 Å². The van der Waals surface area contributed by atoms with Gasteiger partial charge in [-0.25, -0.2) is 14.8 Å². The average Bonchev–Trinajstić information content (AvgIpc) is 3.02. The summed E-state index contributed by atoms with van der Waals surface area (Å²) in [5.74, 6) is 0.875. The summed E-state index contributed by atoms with van der Waals surface area (Å²) in [6.45, 7) is 0.926. The van der Waals surface area contributed by atoms with Crippen molar-refractivity contribution in [2.75, 3.05) is 6.54 Å². The number of amides is 2. The van der Waals surface area contributed by atoms with Crippen LogP contribution in [0.15, 0.2) is 30.9 Å². The Morgan fingerprint density at radius 3 is 2.72 bits per heavy atom. The number of carbonyl (C=O) groups is 1. The molecule has 1 fully saturated rings. The maximum Gasteiger partial charge on any atom is 0.434 e. The number of halogens is 3. The molecule has 3 rings (SSSR count). The molecule has 9 heteroatoms. The van der Waals surface area contributed by atoms with Crippen molar-refractivity contribution in [3.05, 3.63) is 42.1 Å². The lowest BCUT2D eigenvalue weighted by Crippen LogP contribution is -2.39. The smallest absolute Gasteiger partial charge is 0.338 e. The van der Waals surface area contributed by atoms with Crippen LogP contribution in [0, 0.1) is 5.92 Å². The zero-order valence-electron chi connectivity index (χ0n) is 13.4. The molecular formula is C16H18F3N5O. The number of hydrogen-bond donors (Lipinski definition) is 2. The van der Waals surface area contributed by atoms with E-state index in [9.17, 15) is 18.0 Å². The van der Waals surface area contributed by atoms with E-state index >= 15 is 0 Å². The standard InChI is InChI=1S/C16H18F3N5O/c17-16(18,19)13-9-24(10-23-13)14-6-12(4-5-20-14)8-22-15(25)21-7-11-2-1-3-11/h4-6,9-11H,1-3,7-8H2,(H2,21,22,25). The first-order valence-electron chi connectivity index (χ1n) is 8.00. The zero-order valence-corrected chi connectivity index (χ0v) is 13.4. The fourth-order valence-corrected chi connectivity index (χ4v) is 2.49. The second-order valence-electron chi connectivity index (χ2n) is 6.05. The number of pyridine rings is 1. The minimum atomic E-state index is -4.50. The van der Waals surface area contributed by atoms with Crippen molar-refractivity contribution in [1.29, 1.82) is 0 Å². The normalized spacial score (nSPS) is 14.8. The number of hydrogen-bond acceptors (Lipinski definition) is 3. The number of urea groups is 1. The molecule has 25 heavy (non-hydrogen) atoms. The predicted molar refractivity (Wildman–Crippen MR) is 83.9 cm³/mol. The highest BCUT2D eigenvalue weighted by Crippen LogP contribution is 2.28. The van der Waals surface area contributed by atoms with Crippen LogP contribution in [0.4, 0.5) is 18.0 Å². The molecule has 1 aliphatic carbocycles. The van der Waals surface area contributed by atoms with E-state index in [2.05, 4.69) is 20.6 Å². The molecule has 0 unspecified atom stereocenters. The first kappa shape index (κ1) is 17.2. The number of imidazole rings is 1. The summed E-state index contributed by atoms with van der Waals surface area (Å²) >= 11 is 0. The second-order valence-corrected chi connectivity index (χ2v) is 6.05. The number of nitrogens with one attached hydrogen (secondary N) is 2. The van der Waals surface area contributed by atoms with Gasteiger partial charge in [-0.15, -0.1) is 0 Å². The second kappa shape index (κ2) is 7.12. The van der Waals surface area contributed by atoms with E-state index in [4.69, 9.17) is 0 Å². The first-order valence-corrected chi connectivity index (χ1v) is 8.00. The molecule has 0 saturated heterocycles. The van der Waals surface area contributed by atoms with Gasteiger partial charge in [0.15, 0.2) is 5.69 Å². The van der Waals surface area contributed by atoms with Crippen molar-refractivity contribution in [2.24, 2.45) is 5.92 Å². The predicted octanol–water partition coefficient (Wildman–Crippen LogP) is 2.89. The highest BCUT2D eigenvalue weighted by Gasteiger charge is 2.33. The monoisotopic (exact) mass is 353 g/mol. The van der Waals surface area contributed by atoms with Crippen LogP contribution in [0.1, 0.15) is 30.5 Å². The van der Waals surface area contributed by atoms with Gasteiger partial charge < -0.3 is 10.6 Å². The van der Waals surface area contributed by atoms with Crippen molar-refractivity contribution < 1.29 is 18.0 Å². The van der Waals surface area contributed by atoms with E-state index in [0.717, 1.165) is 30.9 Å². The Labute approximate surface area is 142 Å². The lowest BCUT2D eigenvalue weighted by atomic mass is 9.85. The van der Waals surface area contributed by atoms with Gasteiger partial charge in [-0.2, -0.15) is 13.2 Å². The van der Waals surface area contributed by atoms with E-state index < -0.39 is 11.9 Å². The van der Waals surface area contributed by atoms with Gasteiger partial charge in [0.2, 0.25) is 0 Å². The number of aromatic nitrogens is 3. The molecule has 1 aliphatic rings. The highest BCUT2D eigenvalue weighted by atomic mass is 19.4. The van der Waals surface area contributed by atoms with Crippen LogP contribution < -0.4 is 10.6 Å². The Morgan fingerprint density at radius 1 is 1.28 bits per heavy atom. The maximum absolute atomic E-state index is 12.6. The van der Waals surface area contributed by atoms with Crippen LogP contribution in [0.3, 0.4) is 0 Å². The van der Waals surface area contributed by atoms with Gasteiger partial charge in [0.05, 0.1) is 0 Å². The van der Waals surface area contributed by atoms with Crippen LogP contribution in [0.5, 0.6) is 0 Å². The lowest BCUT2D eigenvalue weighted by molar-refractivity contribution is -0.140. The molecule has 0 spiro atoms. The Bertz CT molecular complexity index is 739. The summed E-state index contributed by atoms with van der Waals surface area (Å²) in [6.07, 6.45) is 2.45. The number of nitrogens with zero attached hydrogens (tertiary/aromatic N) is 3. The highest BCUT2D eigenvalue weighted by molar-refractivity contribution is 5.73. The van der Waals surface area contributed by atoms with E-state index in [1.165, 1.54) is 17.2 Å². The van der Waals surface area contributed by atoms with E-state index in [0.29, 0.717) is 18.3 Å². The fraction of sp³-hybridized carbons (Fsp3) is 0.438. The van der Waals surface area contributed by atoms with Crippen LogP contribution in [0.2, 0.25) is 0 Å². The maximum atomic E-state index is 12.6. The Balaban J connectivity index is 1.57. The molecule has 134 valence electrons. The van der Waals surface area contributed by atoms with Gasteiger partial charge in [-0.05, 0) is 36.5 Å². The molecule has 0 radical (unpaired) electrons. The van der Waals surface area contributed by atoms with E-state index in [1.54, 1.807) is 12.1 Å². The SMILES string of the molecule is O=C(NCc1ccnc(-n2cnc(C(F)(F)F)c2)c1)NCC1CCC1. The lowest BCUT2D eigenvalue weighted by Gasteiger charge is -2.25. The third kappa shape index (κ3) is 4.49. The van der Waals surface area contributed by atoms with Gasteiger partial charge in [-0.3, -0.25) is 4.57 Å². The summed E-state index contributed by atoms with van der Waals surface area (Å²) in [5.41, 5.74) is -0.251. The number of carbonyl (C=O) groups excluding carboxylic acids is 1. The Morgan fingerprint density at radius 2 is 2.08 bits per heavy atom. The summed E-state index contributed by atoms with van der Waals surface area (Å²) in [5, 5.41) is 5.54. The zero-order chi connectivity index (χ0) is 17.9. The van der Waals surface area contributed by atoms with Gasteiger partial charge in [0.25, 0.3) is 0 Å². The molecular weight excluding hydrogens is 335 g/mol. The molecule has 2 aromatic heterocycles. The van der Waals surface area contributed by atoms with E-state index in [-0.39, 0.29) is 12.6 Å². The molecule has 0 aliphatic heterocycles. The van der Waals surface area contributed by atoms with Gasteiger partial charge >= 0.3 is 12.2 Å². The minimum absolute atomic E-state index is 0.257. The summed E-state index contributed by atoms with van der Waals surface area (Å²) < 4.78 is 39.0. The van der Waals surface area contributed by atoms with Crippen LogP contribution in [0.25, 0.3) is 5.82 Å². The molecule has 1 saturated carbocycles. The molecule has 2 aromatic rings. The summed E-state index contributed by atoms with van der Waals surface area (Å²) in [7, 11) is 0. The molecule has 2 N–H and O–H groups in total. The van der Waals surface area contributed by atoms with Gasteiger partial charge in [-0.1, -0.05) is 6.42 Å². The third-order valence-corrected chi connectivity index (χ3v) is 4.18. The summed E-state index contributed by atoms with van der Waals surface area (Å²) in [4.78, 5) is 19.1. The Hall–Kier alpha value is -2.58. The molecule has 2 heterocycles. The van der Waals surface area contributed by atoms with Gasteiger partial charge in [0.1, 0.15) is 12.1 Å². The number of alkyl halides is 3.